The summed E-state index contributed by atoms with van der Waals surface area (Å²) in [4.78, 5) is 27.9. The summed E-state index contributed by atoms with van der Waals surface area (Å²) in [6.45, 7) is 3.64. The summed E-state index contributed by atoms with van der Waals surface area (Å²) in [6.07, 6.45) is 0. The van der Waals surface area contributed by atoms with Gasteiger partial charge in [0, 0.05) is 37.3 Å². The van der Waals surface area contributed by atoms with Gasteiger partial charge in [0.2, 0.25) is 0 Å². The van der Waals surface area contributed by atoms with E-state index >= 15 is 0 Å². The molecule has 2 aromatic carbocycles. The fourth-order valence-corrected chi connectivity index (χ4v) is 3.08. The summed E-state index contributed by atoms with van der Waals surface area (Å²) in [5.41, 5.74) is 2.26. The number of aromatic hydroxyl groups is 1. The lowest BCUT2D eigenvalue weighted by atomic mass is 10.1. The van der Waals surface area contributed by atoms with Crippen molar-refractivity contribution in [3.05, 3.63) is 59.2 Å². The van der Waals surface area contributed by atoms with Gasteiger partial charge < -0.3 is 14.9 Å². The van der Waals surface area contributed by atoms with Crippen LogP contribution in [-0.2, 0) is 0 Å². The van der Waals surface area contributed by atoms with Crippen molar-refractivity contribution in [2.45, 2.75) is 6.92 Å². The van der Waals surface area contributed by atoms with Gasteiger partial charge in [0.15, 0.2) is 5.78 Å². The molecule has 6 nitrogen and oxygen atoms in total. The monoisotopic (exact) mass is 349 g/mol. The lowest BCUT2D eigenvalue weighted by molar-refractivity contribution is 0.0746. The van der Waals surface area contributed by atoms with E-state index in [-0.39, 0.29) is 17.4 Å². The number of carbonyl (C=O) groups is 2. The Morgan fingerprint density at radius 2 is 1.77 bits per heavy atom. The van der Waals surface area contributed by atoms with E-state index in [4.69, 9.17) is 0 Å². The largest absolute Gasteiger partial charge is 0.508 e. The average Bonchev–Trinajstić information content (AvgIpc) is 2.67. The second kappa shape index (κ2) is 7.28. The fraction of sp³-hybridized carbons (Fsp3) is 0.250. The molecule has 2 aromatic rings. The van der Waals surface area contributed by atoms with Crippen LogP contribution in [-0.4, -0.2) is 47.9 Å². The predicted octanol–water partition coefficient (Wildman–Crippen LogP) is 2.43. The van der Waals surface area contributed by atoms with Crippen LogP contribution in [0.4, 0.5) is 5.69 Å². The highest BCUT2D eigenvalue weighted by Crippen LogP contribution is 2.24. The van der Waals surface area contributed by atoms with Crippen molar-refractivity contribution in [3.8, 4) is 11.8 Å². The molecule has 132 valence electrons. The number of hydrogen-bond acceptors (Lipinski definition) is 5. The molecule has 1 fully saturated rings. The van der Waals surface area contributed by atoms with Gasteiger partial charge in [-0.2, -0.15) is 5.26 Å². The molecule has 0 saturated carbocycles. The third-order valence-electron chi connectivity index (χ3n) is 4.53. The van der Waals surface area contributed by atoms with Crippen molar-refractivity contribution in [1.82, 2.24) is 4.90 Å². The number of nitriles is 1. The smallest absolute Gasteiger partial charge is 0.254 e. The van der Waals surface area contributed by atoms with Crippen molar-refractivity contribution in [3.63, 3.8) is 0 Å². The zero-order chi connectivity index (χ0) is 18.7. The molecule has 3 rings (SSSR count). The number of phenolic OH excluding ortho intramolecular Hbond substituents is 1. The molecule has 0 radical (unpaired) electrons. The number of phenols is 1. The van der Waals surface area contributed by atoms with E-state index in [0.717, 1.165) is 5.69 Å². The Kier molecular flexibility index (Phi) is 4.90. The second-order valence-corrected chi connectivity index (χ2v) is 6.23. The maximum atomic E-state index is 12.6. The molecule has 1 N–H and O–H groups in total. The number of Topliss-reactive ketones (excluding diaryl/α,β-unsaturated/α-hetero) is 1. The summed E-state index contributed by atoms with van der Waals surface area (Å²) >= 11 is 0. The van der Waals surface area contributed by atoms with Crippen molar-refractivity contribution in [2.24, 2.45) is 0 Å². The highest BCUT2D eigenvalue weighted by molar-refractivity contribution is 5.96. The third-order valence-corrected chi connectivity index (χ3v) is 4.53. The molecule has 0 atom stereocenters. The molecule has 1 amide bonds. The first kappa shape index (κ1) is 17.5. The summed E-state index contributed by atoms with van der Waals surface area (Å²) in [5.74, 6) is -0.110. The van der Waals surface area contributed by atoms with Gasteiger partial charge in [-0.1, -0.05) is 6.07 Å². The minimum atomic E-state index is -0.126. The number of rotatable bonds is 3. The van der Waals surface area contributed by atoms with E-state index in [1.54, 1.807) is 35.2 Å². The Morgan fingerprint density at radius 1 is 1.04 bits per heavy atom. The van der Waals surface area contributed by atoms with Gasteiger partial charge in [-0.3, -0.25) is 9.59 Å². The first-order chi connectivity index (χ1) is 12.5. The quantitative estimate of drug-likeness (QED) is 0.860. The molecule has 1 heterocycles. The molecular formula is C20H19N3O3. The minimum absolute atomic E-state index is 0.0477. The van der Waals surface area contributed by atoms with Gasteiger partial charge in [-0.15, -0.1) is 0 Å². The second-order valence-electron chi connectivity index (χ2n) is 6.23. The van der Waals surface area contributed by atoms with Crippen molar-refractivity contribution in [2.75, 3.05) is 31.1 Å². The normalized spacial score (nSPS) is 14.0. The molecule has 1 saturated heterocycles. The number of nitrogens with zero attached hydrogens (tertiary/aromatic N) is 3. The Hall–Kier alpha value is -3.33. The van der Waals surface area contributed by atoms with Crippen LogP contribution in [0.15, 0.2) is 42.5 Å². The van der Waals surface area contributed by atoms with E-state index in [9.17, 15) is 20.0 Å². The zero-order valence-electron chi connectivity index (χ0n) is 14.5. The summed E-state index contributed by atoms with van der Waals surface area (Å²) in [7, 11) is 0. The number of benzene rings is 2. The van der Waals surface area contributed by atoms with Crippen LogP contribution in [0.3, 0.4) is 0 Å². The van der Waals surface area contributed by atoms with Crippen LogP contribution in [0.1, 0.15) is 33.2 Å². The van der Waals surface area contributed by atoms with Crippen molar-refractivity contribution in [1.29, 1.82) is 5.26 Å². The van der Waals surface area contributed by atoms with Gasteiger partial charge in [-0.05, 0) is 43.3 Å². The SMILES string of the molecule is CC(=O)c1ccc(C#N)c(N2CCN(C(=O)c3cccc(O)c3)CC2)c1. The Labute approximate surface area is 151 Å². The number of anilines is 1. The van der Waals surface area contributed by atoms with E-state index in [1.807, 2.05) is 4.90 Å². The van der Waals surface area contributed by atoms with Gasteiger partial charge >= 0.3 is 0 Å². The molecular weight excluding hydrogens is 330 g/mol. The van der Waals surface area contributed by atoms with Crippen LogP contribution in [0, 0.1) is 11.3 Å². The summed E-state index contributed by atoms with van der Waals surface area (Å²) in [5, 5.41) is 18.9. The molecule has 1 aliphatic rings. The summed E-state index contributed by atoms with van der Waals surface area (Å²) < 4.78 is 0. The predicted molar refractivity (Wildman–Crippen MR) is 97.4 cm³/mol. The topological polar surface area (TPSA) is 84.6 Å². The Morgan fingerprint density at radius 3 is 2.38 bits per heavy atom. The van der Waals surface area contributed by atoms with Gasteiger partial charge in [-0.25, -0.2) is 0 Å². The molecule has 0 aliphatic carbocycles. The van der Waals surface area contributed by atoms with Crippen LogP contribution in [0.25, 0.3) is 0 Å². The van der Waals surface area contributed by atoms with Crippen LogP contribution in [0.5, 0.6) is 5.75 Å². The lowest BCUT2D eigenvalue weighted by Gasteiger charge is -2.36. The number of carbonyl (C=O) groups excluding carboxylic acids is 2. The van der Waals surface area contributed by atoms with Crippen LogP contribution in [0.2, 0.25) is 0 Å². The number of hydrogen-bond donors (Lipinski definition) is 1. The van der Waals surface area contributed by atoms with E-state index in [1.165, 1.54) is 19.1 Å². The van der Waals surface area contributed by atoms with Crippen molar-refractivity contribution >= 4 is 17.4 Å². The minimum Gasteiger partial charge on any atom is -0.508 e. The number of ketones is 1. The highest BCUT2D eigenvalue weighted by Gasteiger charge is 2.24. The van der Waals surface area contributed by atoms with Gasteiger partial charge in [0.25, 0.3) is 5.91 Å². The van der Waals surface area contributed by atoms with E-state index in [0.29, 0.717) is 42.9 Å². The third kappa shape index (κ3) is 3.52. The number of amides is 1. The molecule has 0 aromatic heterocycles. The van der Waals surface area contributed by atoms with E-state index in [2.05, 4.69) is 6.07 Å². The maximum absolute atomic E-state index is 12.6. The Bertz CT molecular complexity index is 893. The summed E-state index contributed by atoms with van der Waals surface area (Å²) in [6, 6.07) is 13.5. The first-order valence-corrected chi connectivity index (χ1v) is 8.38. The maximum Gasteiger partial charge on any atom is 0.254 e. The molecule has 26 heavy (non-hydrogen) atoms. The first-order valence-electron chi connectivity index (χ1n) is 8.38. The highest BCUT2D eigenvalue weighted by atomic mass is 16.3. The molecule has 0 bridgehead atoms. The van der Waals surface area contributed by atoms with Crippen molar-refractivity contribution < 1.29 is 14.7 Å². The zero-order valence-corrected chi connectivity index (χ0v) is 14.5. The fourth-order valence-electron chi connectivity index (χ4n) is 3.08. The molecule has 1 aliphatic heterocycles. The molecule has 0 unspecified atom stereocenters. The average molecular weight is 349 g/mol. The van der Waals surface area contributed by atoms with Crippen LogP contribution < -0.4 is 4.90 Å². The molecule has 6 heteroatoms. The number of piperazine rings is 1. The standard InChI is InChI=1S/C20H19N3O3/c1-14(24)15-5-6-17(13-21)19(12-15)22-7-9-23(10-8-22)20(26)16-3-2-4-18(25)11-16/h2-6,11-12,25H,7-10H2,1H3. The molecule has 0 spiro atoms. The van der Waals surface area contributed by atoms with E-state index < -0.39 is 0 Å². The van der Waals surface area contributed by atoms with Gasteiger partial charge in [0.1, 0.15) is 11.8 Å². The lowest BCUT2D eigenvalue weighted by Crippen LogP contribution is -2.49. The Balaban J connectivity index is 1.75. The van der Waals surface area contributed by atoms with Crippen LogP contribution >= 0.6 is 0 Å². The van der Waals surface area contributed by atoms with Gasteiger partial charge in [0.05, 0.1) is 11.3 Å².